The minimum atomic E-state index is -2.91. The molecule has 2 unspecified atom stereocenters. The van der Waals surface area contributed by atoms with Crippen molar-refractivity contribution in [2.75, 3.05) is 52.8 Å². The Bertz CT molecular complexity index is 973. The molecule has 4 rings (SSSR count). The molecule has 2 atom stereocenters. The third-order valence-corrected chi connectivity index (χ3v) is 5.88. The van der Waals surface area contributed by atoms with Gasteiger partial charge >= 0.3 is 0 Å². The van der Waals surface area contributed by atoms with Crippen LogP contribution in [0.4, 0.5) is 14.5 Å². The molecule has 1 saturated heterocycles. The van der Waals surface area contributed by atoms with Gasteiger partial charge in [0.2, 0.25) is 0 Å². The Morgan fingerprint density at radius 3 is 2.44 bits per heavy atom. The summed E-state index contributed by atoms with van der Waals surface area (Å²) in [7, 11) is 4.82. The highest BCUT2D eigenvalue weighted by molar-refractivity contribution is 5.81. The summed E-state index contributed by atoms with van der Waals surface area (Å²) in [4.78, 5) is 1.71. The molecule has 2 aromatic carbocycles. The molecule has 2 N–H and O–H groups in total. The first kappa shape index (κ1) is 25.8. The van der Waals surface area contributed by atoms with Gasteiger partial charge in [-0.1, -0.05) is 26.0 Å². The lowest BCUT2D eigenvalue weighted by molar-refractivity contribution is -0.0896. The summed E-state index contributed by atoms with van der Waals surface area (Å²) in [5, 5.41) is 6.55. The third kappa shape index (κ3) is 5.62. The van der Waals surface area contributed by atoms with E-state index in [0.717, 1.165) is 34.8 Å². The van der Waals surface area contributed by atoms with E-state index in [2.05, 4.69) is 10.6 Å². The molecule has 2 aromatic rings. The fourth-order valence-corrected chi connectivity index (χ4v) is 4.13. The Balaban J connectivity index is 0.00000140. The van der Waals surface area contributed by atoms with E-state index >= 15 is 0 Å². The maximum absolute atomic E-state index is 14.5. The molecule has 8 heteroatoms. The van der Waals surface area contributed by atoms with E-state index in [1.807, 2.05) is 69.4 Å². The predicted molar refractivity (Wildman–Crippen MR) is 134 cm³/mol. The highest BCUT2D eigenvalue weighted by Gasteiger charge is 2.49. The molecular weight excluding hydrogens is 440 g/mol. The van der Waals surface area contributed by atoms with E-state index < -0.39 is 12.0 Å². The summed E-state index contributed by atoms with van der Waals surface area (Å²) < 4.78 is 45.1. The molecule has 0 amide bonds. The van der Waals surface area contributed by atoms with Crippen molar-refractivity contribution in [3.05, 3.63) is 59.7 Å². The monoisotopic (exact) mass is 477 g/mol. The number of hydrogen-bond donors (Lipinski definition) is 2. The van der Waals surface area contributed by atoms with Gasteiger partial charge in [0.1, 0.15) is 24.2 Å². The summed E-state index contributed by atoms with van der Waals surface area (Å²) >= 11 is 0. The van der Waals surface area contributed by atoms with Crippen molar-refractivity contribution < 1.29 is 24.4 Å². The number of likely N-dealkylation sites (N-methyl/N-ethyl adjacent to an activating group) is 1. The van der Waals surface area contributed by atoms with Crippen LogP contribution in [-0.2, 0) is 4.74 Å². The molecule has 1 fully saturated rings. The topological polar surface area (TPSA) is 55.0 Å². The number of likely N-dealkylation sites (tertiary alicyclic amines) is 1. The maximum Gasteiger partial charge on any atom is 0.292 e. The SMILES string of the molecule is CC.CNCCOc1ccc(C2C=C(N3CC(OC)C(F)(F)C3)c3ccc(OC)cc3N2)cc1.[HH]. The molecule has 0 bridgehead atoms. The van der Waals surface area contributed by atoms with Gasteiger partial charge in [0, 0.05) is 38.1 Å². The second-order valence-electron chi connectivity index (χ2n) is 7.97. The number of fused-ring (bicyclic) bond motifs is 1. The number of methoxy groups -OCH3 is 2. The molecule has 0 radical (unpaired) electrons. The Morgan fingerprint density at radius 2 is 1.82 bits per heavy atom. The minimum Gasteiger partial charge on any atom is -0.497 e. The van der Waals surface area contributed by atoms with Gasteiger partial charge in [-0.25, -0.2) is 8.78 Å². The van der Waals surface area contributed by atoms with Gasteiger partial charge in [0.15, 0.2) is 0 Å². The number of hydrogen-bond acceptors (Lipinski definition) is 6. The Hall–Kier alpha value is -2.84. The summed E-state index contributed by atoms with van der Waals surface area (Å²) in [6, 6.07) is 13.3. The quantitative estimate of drug-likeness (QED) is 0.520. The Labute approximate surface area is 202 Å². The van der Waals surface area contributed by atoms with Crippen molar-refractivity contribution in [2.24, 2.45) is 0 Å². The molecule has 6 nitrogen and oxygen atoms in total. The number of anilines is 1. The molecule has 2 heterocycles. The van der Waals surface area contributed by atoms with Crippen LogP contribution in [0.2, 0.25) is 0 Å². The van der Waals surface area contributed by atoms with Crippen molar-refractivity contribution in [1.29, 1.82) is 0 Å². The zero-order valence-corrected chi connectivity index (χ0v) is 20.5. The summed E-state index contributed by atoms with van der Waals surface area (Å²) in [5.74, 6) is -1.42. The van der Waals surface area contributed by atoms with Crippen LogP contribution in [0.1, 0.15) is 32.4 Å². The predicted octanol–water partition coefficient (Wildman–Crippen LogP) is 5.04. The Kier molecular flexibility index (Phi) is 8.74. The highest BCUT2D eigenvalue weighted by atomic mass is 19.3. The van der Waals surface area contributed by atoms with Gasteiger partial charge in [0.05, 0.1) is 26.2 Å². The van der Waals surface area contributed by atoms with Crippen LogP contribution in [0.15, 0.2) is 48.5 Å². The molecule has 0 spiro atoms. The zero-order valence-electron chi connectivity index (χ0n) is 20.5. The first-order chi connectivity index (χ1) is 16.4. The van der Waals surface area contributed by atoms with Gasteiger partial charge in [-0.2, -0.15) is 0 Å². The molecule has 2 aliphatic rings. The second kappa shape index (κ2) is 11.5. The van der Waals surface area contributed by atoms with Gasteiger partial charge in [0.25, 0.3) is 5.92 Å². The van der Waals surface area contributed by atoms with Crippen LogP contribution in [-0.4, -0.2) is 64.4 Å². The Morgan fingerprint density at radius 1 is 1.12 bits per heavy atom. The zero-order chi connectivity index (χ0) is 24.7. The first-order valence-corrected chi connectivity index (χ1v) is 11.6. The average Bonchev–Trinajstić information content (AvgIpc) is 3.18. The van der Waals surface area contributed by atoms with Crippen LogP contribution >= 0.6 is 0 Å². The summed E-state index contributed by atoms with van der Waals surface area (Å²) in [6.07, 6.45) is 0.868. The highest BCUT2D eigenvalue weighted by Crippen LogP contribution is 2.42. The number of nitrogens with one attached hydrogen (secondary N) is 2. The molecule has 0 aliphatic carbocycles. The lowest BCUT2D eigenvalue weighted by atomic mass is 9.96. The van der Waals surface area contributed by atoms with Crippen molar-refractivity contribution in [3.63, 3.8) is 0 Å². The first-order valence-electron chi connectivity index (χ1n) is 11.6. The fraction of sp³-hybridized carbons (Fsp3) is 0.462. The average molecular weight is 478 g/mol. The lowest BCUT2D eigenvalue weighted by Gasteiger charge is -2.32. The molecular formula is C26H37F2N3O3. The van der Waals surface area contributed by atoms with Crippen molar-refractivity contribution in [2.45, 2.75) is 31.9 Å². The van der Waals surface area contributed by atoms with Crippen molar-refractivity contribution in [1.82, 2.24) is 10.2 Å². The largest absolute Gasteiger partial charge is 0.497 e. The van der Waals surface area contributed by atoms with Crippen molar-refractivity contribution >= 4 is 11.4 Å². The summed E-state index contributed by atoms with van der Waals surface area (Å²) in [6.45, 7) is 5.09. The molecule has 2 aliphatic heterocycles. The van der Waals surface area contributed by atoms with Crippen LogP contribution in [0.3, 0.4) is 0 Å². The van der Waals surface area contributed by atoms with Crippen LogP contribution < -0.4 is 20.1 Å². The normalized spacial score (nSPS) is 20.4. The van der Waals surface area contributed by atoms with Gasteiger partial charge in [-0.3, -0.25) is 0 Å². The van der Waals surface area contributed by atoms with Crippen LogP contribution in [0.5, 0.6) is 11.5 Å². The third-order valence-electron chi connectivity index (χ3n) is 5.88. The summed E-state index contributed by atoms with van der Waals surface area (Å²) in [5.41, 5.74) is 3.47. The van der Waals surface area contributed by atoms with Gasteiger partial charge in [-0.15, -0.1) is 0 Å². The van der Waals surface area contributed by atoms with E-state index in [-0.39, 0.29) is 20.6 Å². The lowest BCUT2D eigenvalue weighted by Crippen LogP contribution is -2.33. The molecule has 34 heavy (non-hydrogen) atoms. The van der Waals surface area contributed by atoms with Crippen molar-refractivity contribution in [3.8, 4) is 11.5 Å². The standard InChI is InChI=1S/C24H29F2N3O3.C2H6.H2/c1-27-10-11-32-17-6-4-16(5-7-17)20-13-22(29-14-23(31-3)24(25,26)15-29)19-9-8-18(30-2)12-21(19)28-20;1-2;/h4-9,12-13,20,23,27-28H,10-11,14-15H2,1-3H3;1-2H3;1H. The van der Waals surface area contributed by atoms with Crippen LogP contribution in [0.25, 0.3) is 5.70 Å². The van der Waals surface area contributed by atoms with E-state index in [1.165, 1.54) is 7.11 Å². The minimum absolute atomic E-state index is 0. The number of nitrogens with zero attached hydrogens (tertiary/aromatic N) is 1. The van der Waals surface area contributed by atoms with Gasteiger partial charge in [-0.05, 0) is 43.0 Å². The molecule has 0 saturated carbocycles. The van der Waals surface area contributed by atoms with E-state index in [1.54, 1.807) is 12.0 Å². The fourth-order valence-electron chi connectivity index (χ4n) is 4.13. The van der Waals surface area contributed by atoms with Gasteiger partial charge < -0.3 is 29.7 Å². The molecule has 0 aromatic heterocycles. The smallest absolute Gasteiger partial charge is 0.292 e. The van der Waals surface area contributed by atoms with E-state index in [9.17, 15) is 8.78 Å². The van der Waals surface area contributed by atoms with E-state index in [0.29, 0.717) is 12.4 Å². The van der Waals surface area contributed by atoms with E-state index in [4.69, 9.17) is 14.2 Å². The van der Waals surface area contributed by atoms with Crippen LogP contribution in [0, 0.1) is 0 Å². The number of alkyl halides is 2. The number of benzene rings is 2. The number of ether oxygens (including phenoxy) is 3. The number of halogens is 2. The number of rotatable bonds is 8. The molecule has 188 valence electrons. The second-order valence-corrected chi connectivity index (χ2v) is 7.97. The maximum atomic E-state index is 14.5.